The first-order chi connectivity index (χ1) is 7.74. The van der Waals surface area contributed by atoms with Crippen LogP contribution in [0.25, 0.3) is 0 Å². The second-order valence-electron chi connectivity index (χ2n) is 3.85. The molecule has 0 unspecified atom stereocenters. The largest absolute Gasteiger partial charge is 0.489 e. The number of aryl methyl sites for hydroxylation is 1. The summed E-state index contributed by atoms with van der Waals surface area (Å²) in [6.07, 6.45) is 0. The quantitative estimate of drug-likeness (QED) is 0.795. The van der Waals surface area contributed by atoms with Crippen LogP contribution in [0.5, 0.6) is 5.75 Å². The third-order valence-electron chi connectivity index (χ3n) is 2.37. The maximum Gasteiger partial charge on any atom is 0.119 e. The predicted octanol–water partition coefficient (Wildman–Crippen LogP) is 3.16. The molecule has 0 aliphatic carbocycles. The van der Waals surface area contributed by atoms with E-state index in [2.05, 4.69) is 25.1 Å². The van der Waals surface area contributed by atoms with E-state index in [1.165, 1.54) is 11.1 Å². The first-order valence-corrected chi connectivity index (χ1v) is 5.28. The van der Waals surface area contributed by atoms with Crippen molar-refractivity contribution in [2.75, 3.05) is 5.73 Å². The summed E-state index contributed by atoms with van der Waals surface area (Å²) < 4.78 is 5.65. The van der Waals surface area contributed by atoms with Crippen molar-refractivity contribution < 1.29 is 4.74 Å². The average molecular weight is 213 g/mol. The van der Waals surface area contributed by atoms with E-state index in [0.717, 1.165) is 11.4 Å². The zero-order valence-electron chi connectivity index (χ0n) is 9.31. The Hall–Kier alpha value is -1.96. The summed E-state index contributed by atoms with van der Waals surface area (Å²) in [5.74, 6) is 0.843. The molecule has 82 valence electrons. The maximum absolute atomic E-state index is 5.65. The van der Waals surface area contributed by atoms with Crippen LogP contribution in [-0.2, 0) is 6.61 Å². The van der Waals surface area contributed by atoms with Crippen LogP contribution in [-0.4, -0.2) is 0 Å². The van der Waals surface area contributed by atoms with Crippen molar-refractivity contribution in [3.05, 3.63) is 59.7 Å². The van der Waals surface area contributed by atoms with Gasteiger partial charge >= 0.3 is 0 Å². The van der Waals surface area contributed by atoms with Gasteiger partial charge in [-0.15, -0.1) is 0 Å². The fraction of sp³-hybridized carbons (Fsp3) is 0.143. The second-order valence-corrected chi connectivity index (χ2v) is 3.85. The molecule has 0 aliphatic rings. The number of rotatable bonds is 3. The van der Waals surface area contributed by atoms with Crippen LogP contribution >= 0.6 is 0 Å². The van der Waals surface area contributed by atoms with Crippen molar-refractivity contribution in [2.24, 2.45) is 0 Å². The summed E-state index contributed by atoms with van der Waals surface area (Å²) >= 11 is 0. The lowest BCUT2D eigenvalue weighted by atomic mass is 10.1. The number of nitrogens with two attached hydrogens (primary N) is 1. The van der Waals surface area contributed by atoms with Gasteiger partial charge in [-0.25, -0.2) is 0 Å². The lowest BCUT2D eigenvalue weighted by Gasteiger charge is -2.06. The number of hydrogen-bond donors (Lipinski definition) is 1. The number of benzene rings is 2. The fourth-order valence-corrected chi connectivity index (χ4v) is 1.53. The Morgan fingerprint density at radius 3 is 2.50 bits per heavy atom. The molecule has 16 heavy (non-hydrogen) atoms. The highest BCUT2D eigenvalue weighted by molar-refractivity contribution is 5.41. The van der Waals surface area contributed by atoms with Gasteiger partial charge in [0.1, 0.15) is 12.4 Å². The summed E-state index contributed by atoms with van der Waals surface area (Å²) in [6, 6.07) is 15.7. The molecular weight excluding hydrogens is 198 g/mol. The van der Waals surface area contributed by atoms with Crippen molar-refractivity contribution in [1.82, 2.24) is 0 Å². The van der Waals surface area contributed by atoms with Gasteiger partial charge in [-0.05, 0) is 36.8 Å². The van der Waals surface area contributed by atoms with Crippen LogP contribution in [0, 0.1) is 6.92 Å². The van der Waals surface area contributed by atoms with Gasteiger partial charge in [0.15, 0.2) is 0 Å². The van der Waals surface area contributed by atoms with Gasteiger partial charge in [0.25, 0.3) is 0 Å². The van der Waals surface area contributed by atoms with E-state index < -0.39 is 0 Å². The standard InChI is InChI=1S/C14H15NO/c1-11-3-2-4-12(9-11)10-16-14-7-5-13(15)6-8-14/h2-9H,10,15H2,1H3. The summed E-state index contributed by atoms with van der Waals surface area (Å²) in [6.45, 7) is 2.66. The van der Waals surface area contributed by atoms with Crippen LogP contribution < -0.4 is 10.5 Å². The lowest BCUT2D eigenvalue weighted by Crippen LogP contribution is -1.95. The van der Waals surface area contributed by atoms with E-state index in [1.807, 2.05) is 30.3 Å². The van der Waals surface area contributed by atoms with Gasteiger partial charge in [-0.2, -0.15) is 0 Å². The molecule has 2 N–H and O–H groups in total. The number of hydrogen-bond acceptors (Lipinski definition) is 2. The molecule has 2 aromatic carbocycles. The Kier molecular flexibility index (Phi) is 3.10. The fourth-order valence-electron chi connectivity index (χ4n) is 1.53. The zero-order valence-corrected chi connectivity index (χ0v) is 9.31. The lowest BCUT2D eigenvalue weighted by molar-refractivity contribution is 0.306. The molecule has 0 aromatic heterocycles. The van der Waals surface area contributed by atoms with E-state index in [4.69, 9.17) is 10.5 Å². The van der Waals surface area contributed by atoms with Crippen molar-refractivity contribution >= 4 is 5.69 Å². The SMILES string of the molecule is Cc1cccc(COc2ccc(N)cc2)c1. The molecule has 0 amide bonds. The Labute approximate surface area is 95.7 Å². The Morgan fingerprint density at radius 1 is 1.06 bits per heavy atom. The highest BCUT2D eigenvalue weighted by Gasteiger charge is 1.96. The summed E-state index contributed by atoms with van der Waals surface area (Å²) in [5.41, 5.74) is 8.78. The molecule has 0 bridgehead atoms. The van der Waals surface area contributed by atoms with Gasteiger partial charge in [0, 0.05) is 5.69 Å². The first kappa shape index (κ1) is 10.6. The van der Waals surface area contributed by atoms with Crippen molar-refractivity contribution in [3.63, 3.8) is 0 Å². The van der Waals surface area contributed by atoms with E-state index in [-0.39, 0.29) is 0 Å². The maximum atomic E-state index is 5.65. The topological polar surface area (TPSA) is 35.2 Å². The monoisotopic (exact) mass is 213 g/mol. The molecule has 0 atom stereocenters. The highest BCUT2D eigenvalue weighted by Crippen LogP contribution is 2.15. The highest BCUT2D eigenvalue weighted by atomic mass is 16.5. The predicted molar refractivity (Wildman–Crippen MR) is 66.4 cm³/mol. The molecule has 2 nitrogen and oxygen atoms in total. The number of anilines is 1. The molecule has 0 saturated heterocycles. The Morgan fingerprint density at radius 2 is 1.81 bits per heavy atom. The zero-order chi connectivity index (χ0) is 11.4. The smallest absolute Gasteiger partial charge is 0.119 e. The summed E-state index contributed by atoms with van der Waals surface area (Å²) in [5, 5.41) is 0. The molecule has 0 saturated carbocycles. The Bertz CT molecular complexity index is 462. The van der Waals surface area contributed by atoms with Gasteiger partial charge in [0.2, 0.25) is 0 Å². The molecule has 2 aromatic rings. The minimum absolute atomic E-state index is 0.589. The summed E-state index contributed by atoms with van der Waals surface area (Å²) in [7, 11) is 0. The van der Waals surface area contributed by atoms with Gasteiger partial charge in [0.05, 0.1) is 0 Å². The molecule has 0 radical (unpaired) electrons. The van der Waals surface area contributed by atoms with Crippen LogP contribution in [0.4, 0.5) is 5.69 Å². The van der Waals surface area contributed by atoms with Crippen LogP contribution in [0.15, 0.2) is 48.5 Å². The molecule has 2 heteroatoms. The van der Waals surface area contributed by atoms with Gasteiger partial charge in [-0.3, -0.25) is 0 Å². The molecule has 0 aliphatic heterocycles. The van der Waals surface area contributed by atoms with Crippen LogP contribution in [0.1, 0.15) is 11.1 Å². The molecule has 2 rings (SSSR count). The molecule has 0 heterocycles. The van der Waals surface area contributed by atoms with E-state index >= 15 is 0 Å². The molecular formula is C14H15NO. The van der Waals surface area contributed by atoms with Crippen molar-refractivity contribution in [2.45, 2.75) is 13.5 Å². The Balaban J connectivity index is 1.99. The third-order valence-corrected chi connectivity index (χ3v) is 2.37. The van der Waals surface area contributed by atoms with E-state index in [0.29, 0.717) is 6.61 Å². The number of ether oxygens (including phenoxy) is 1. The van der Waals surface area contributed by atoms with Crippen LogP contribution in [0.2, 0.25) is 0 Å². The summed E-state index contributed by atoms with van der Waals surface area (Å²) in [4.78, 5) is 0. The van der Waals surface area contributed by atoms with Crippen molar-refractivity contribution in [1.29, 1.82) is 0 Å². The van der Waals surface area contributed by atoms with E-state index in [9.17, 15) is 0 Å². The van der Waals surface area contributed by atoms with Crippen LogP contribution in [0.3, 0.4) is 0 Å². The normalized spacial score (nSPS) is 10.1. The third kappa shape index (κ3) is 2.76. The molecule has 0 spiro atoms. The average Bonchev–Trinajstić information content (AvgIpc) is 2.28. The van der Waals surface area contributed by atoms with Gasteiger partial charge < -0.3 is 10.5 Å². The number of nitrogen functional groups attached to an aromatic ring is 1. The minimum atomic E-state index is 0.589. The second kappa shape index (κ2) is 4.71. The van der Waals surface area contributed by atoms with Gasteiger partial charge in [-0.1, -0.05) is 29.8 Å². The van der Waals surface area contributed by atoms with Crippen molar-refractivity contribution in [3.8, 4) is 5.75 Å². The first-order valence-electron chi connectivity index (χ1n) is 5.28. The van der Waals surface area contributed by atoms with E-state index in [1.54, 1.807) is 0 Å². The molecule has 0 fully saturated rings. The minimum Gasteiger partial charge on any atom is -0.489 e.